The van der Waals surface area contributed by atoms with Gasteiger partial charge in [-0.25, -0.2) is 0 Å². The normalized spacial score (nSPS) is 12.2. The molecule has 2 aromatic carbocycles. The summed E-state index contributed by atoms with van der Waals surface area (Å²) in [5.41, 5.74) is 1.08. The van der Waals surface area contributed by atoms with E-state index < -0.39 is 0 Å². The summed E-state index contributed by atoms with van der Waals surface area (Å²) in [6, 6.07) is 13.8. The van der Waals surface area contributed by atoms with Gasteiger partial charge in [-0.15, -0.1) is 0 Å². The van der Waals surface area contributed by atoms with Gasteiger partial charge in [-0.3, -0.25) is 0 Å². The smallest absolute Gasteiger partial charge is 0.141 e. The molecule has 0 saturated carbocycles. The molecule has 0 aromatic heterocycles. The number of rotatable bonds is 5. The van der Waals surface area contributed by atoms with Crippen LogP contribution in [0.25, 0.3) is 0 Å². The van der Waals surface area contributed by atoms with E-state index in [2.05, 4.69) is 35.1 Å². The predicted octanol–water partition coefficient (Wildman–Crippen LogP) is 5.57. The topological polar surface area (TPSA) is 21.3 Å². The SMILES string of the molecule is CCNC(C)c1ccc(Oc2ccccc2Br)cc1Cl. The molecule has 0 aliphatic carbocycles. The minimum atomic E-state index is 0.227. The van der Waals surface area contributed by atoms with Gasteiger partial charge < -0.3 is 10.1 Å². The number of nitrogens with one attached hydrogen (secondary N) is 1. The Balaban J connectivity index is 2.19. The first-order valence-electron chi connectivity index (χ1n) is 6.57. The molecule has 0 spiro atoms. The van der Waals surface area contributed by atoms with E-state index in [-0.39, 0.29) is 6.04 Å². The summed E-state index contributed by atoms with van der Waals surface area (Å²) in [6.45, 7) is 5.08. The summed E-state index contributed by atoms with van der Waals surface area (Å²) in [6.07, 6.45) is 0. The third-order valence-corrected chi connectivity index (χ3v) is 4.00. The van der Waals surface area contributed by atoms with Crippen molar-refractivity contribution in [3.63, 3.8) is 0 Å². The second-order valence-electron chi connectivity index (χ2n) is 4.50. The van der Waals surface area contributed by atoms with E-state index in [1.54, 1.807) is 0 Å². The molecule has 0 aliphatic rings. The van der Waals surface area contributed by atoms with Gasteiger partial charge in [0.2, 0.25) is 0 Å². The highest BCUT2D eigenvalue weighted by molar-refractivity contribution is 9.10. The molecule has 1 N–H and O–H groups in total. The average Bonchev–Trinajstić information content (AvgIpc) is 2.42. The lowest BCUT2D eigenvalue weighted by molar-refractivity contribution is 0.479. The van der Waals surface area contributed by atoms with Crippen molar-refractivity contribution < 1.29 is 4.74 Å². The van der Waals surface area contributed by atoms with Gasteiger partial charge in [0.05, 0.1) is 4.47 Å². The van der Waals surface area contributed by atoms with Crippen LogP contribution in [0.5, 0.6) is 11.5 Å². The van der Waals surface area contributed by atoms with Crippen molar-refractivity contribution in [1.29, 1.82) is 0 Å². The summed E-state index contributed by atoms with van der Waals surface area (Å²) < 4.78 is 6.75. The lowest BCUT2D eigenvalue weighted by atomic mass is 10.1. The van der Waals surface area contributed by atoms with Crippen LogP contribution in [0.1, 0.15) is 25.5 Å². The van der Waals surface area contributed by atoms with Crippen LogP contribution in [0.2, 0.25) is 5.02 Å². The van der Waals surface area contributed by atoms with Gasteiger partial charge in [0.1, 0.15) is 11.5 Å². The summed E-state index contributed by atoms with van der Waals surface area (Å²) in [5, 5.41) is 4.06. The Kier molecular flexibility index (Phi) is 5.46. The molecule has 4 heteroatoms. The molecular weight excluding hydrogens is 338 g/mol. The zero-order valence-corrected chi connectivity index (χ0v) is 13.8. The molecule has 0 fully saturated rings. The Labute approximate surface area is 133 Å². The number of ether oxygens (including phenoxy) is 1. The summed E-state index contributed by atoms with van der Waals surface area (Å²) in [5.74, 6) is 1.50. The average molecular weight is 355 g/mol. The molecule has 2 nitrogen and oxygen atoms in total. The van der Waals surface area contributed by atoms with Gasteiger partial charge in [0.25, 0.3) is 0 Å². The maximum absolute atomic E-state index is 6.33. The van der Waals surface area contributed by atoms with Crippen molar-refractivity contribution in [3.8, 4) is 11.5 Å². The number of hydrogen-bond donors (Lipinski definition) is 1. The standard InChI is InChI=1S/C16H17BrClNO/c1-3-19-11(2)13-9-8-12(10-15(13)18)20-16-7-5-4-6-14(16)17/h4-11,19H,3H2,1-2H3. The Morgan fingerprint density at radius 2 is 2.00 bits per heavy atom. The summed E-state index contributed by atoms with van der Waals surface area (Å²) in [4.78, 5) is 0. The van der Waals surface area contributed by atoms with Gasteiger partial charge in [0.15, 0.2) is 0 Å². The summed E-state index contributed by atoms with van der Waals surface area (Å²) >= 11 is 9.80. The van der Waals surface area contributed by atoms with Crippen LogP contribution in [0.15, 0.2) is 46.9 Å². The fourth-order valence-corrected chi connectivity index (χ4v) is 2.69. The Bertz CT molecular complexity index is 588. The van der Waals surface area contributed by atoms with E-state index in [9.17, 15) is 0 Å². The Morgan fingerprint density at radius 3 is 2.65 bits per heavy atom. The lowest BCUT2D eigenvalue weighted by Crippen LogP contribution is -2.17. The first kappa shape index (κ1) is 15.4. The first-order chi connectivity index (χ1) is 9.61. The number of benzene rings is 2. The lowest BCUT2D eigenvalue weighted by Gasteiger charge is -2.15. The van der Waals surface area contributed by atoms with Crippen LogP contribution >= 0.6 is 27.5 Å². The second-order valence-corrected chi connectivity index (χ2v) is 5.76. The molecule has 0 radical (unpaired) electrons. The fourth-order valence-electron chi connectivity index (χ4n) is 1.99. The van der Waals surface area contributed by atoms with Crippen molar-refractivity contribution in [3.05, 3.63) is 57.5 Å². The van der Waals surface area contributed by atoms with Crippen LogP contribution < -0.4 is 10.1 Å². The third-order valence-electron chi connectivity index (χ3n) is 3.01. The molecule has 1 unspecified atom stereocenters. The molecule has 0 aliphatic heterocycles. The predicted molar refractivity (Wildman–Crippen MR) is 87.8 cm³/mol. The maximum atomic E-state index is 6.33. The molecule has 106 valence electrons. The van der Waals surface area contributed by atoms with E-state index >= 15 is 0 Å². The Hall–Kier alpha value is -1.03. The van der Waals surface area contributed by atoms with Crippen LogP contribution in [0.4, 0.5) is 0 Å². The third kappa shape index (κ3) is 3.75. The minimum Gasteiger partial charge on any atom is -0.456 e. The molecule has 0 amide bonds. The molecule has 0 heterocycles. The highest BCUT2D eigenvalue weighted by Crippen LogP contribution is 2.32. The zero-order chi connectivity index (χ0) is 14.5. The molecule has 2 aromatic rings. The largest absolute Gasteiger partial charge is 0.456 e. The highest BCUT2D eigenvalue weighted by atomic mass is 79.9. The van der Waals surface area contributed by atoms with Crippen molar-refractivity contribution in [2.45, 2.75) is 19.9 Å². The maximum Gasteiger partial charge on any atom is 0.141 e. The van der Waals surface area contributed by atoms with E-state index in [0.717, 1.165) is 28.1 Å². The van der Waals surface area contributed by atoms with E-state index in [1.807, 2.05) is 42.5 Å². The Morgan fingerprint density at radius 1 is 1.25 bits per heavy atom. The van der Waals surface area contributed by atoms with Gasteiger partial charge in [-0.2, -0.15) is 0 Å². The van der Waals surface area contributed by atoms with Crippen molar-refractivity contribution in [2.75, 3.05) is 6.54 Å². The molecule has 0 bridgehead atoms. The van der Waals surface area contributed by atoms with Crippen LogP contribution in [-0.4, -0.2) is 6.54 Å². The molecular formula is C16H17BrClNO. The summed E-state index contributed by atoms with van der Waals surface area (Å²) in [7, 11) is 0. The number of hydrogen-bond acceptors (Lipinski definition) is 2. The van der Waals surface area contributed by atoms with Crippen LogP contribution in [-0.2, 0) is 0 Å². The monoisotopic (exact) mass is 353 g/mol. The van der Waals surface area contributed by atoms with E-state index in [1.165, 1.54) is 0 Å². The molecule has 1 atom stereocenters. The first-order valence-corrected chi connectivity index (χ1v) is 7.74. The zero-order valence-electron chi connectivity index (χ0n) is 11.5. The van der Waals surface area contributed by atoms with Crippen LogP contribution in [0, 0.1) is 0 Å². The van der Waals surface area contributed by atoms with Crippen LogP contribution in [0.3, 0.4) is 0 Å². The molecule has 0 saturated heterocycles. The van der Waals surface area contributed by atoms with E-state index in [4.69, 9.17) is 16.3 Å². The quantitative estimate of drug-likeness (QED) is 0.758. The van der Waals surface area contributed by atoms with Crippen molar-refractivity contribution in [1.82, 2.24) is 5.32 Å². The van der Waals surface area contributed by atoms with Gasteiger partial charge in [-0.05, 0) is 59.2 Å². The highest BCUT2D eigenvalue weighted by Gasteiger charge is 2.10. The van der Waals surface area contributed by atoms with Crippen molar-refractivity contribution in [2.24, 2.45) is 0 Å². The van der Waals surface area contributed by atoms with Gasteiger partial charge >= 0.3 is 0 Å². The van der Waals surface area contributed by atoms with Gasteiger partial charge in [0, 0.05) is 11.1 Å². The molecule has 2 rings (SSSR count). The van der Waals surface area contributed by atoms with E-state index in [0.29, 0.717) is 5.02 Å². The van der Waals surface area contributed by atoms with Gasteiger partial charge in [-0.1, -0.05) is 36.7 Å². The second kappa shape index (κ2) is 7.11. The molecule has 20 heavy (non-hydrogen) atoms. The number of para-hydroxylation sites is 1. The number of halogens is 2. The minimum absolute atomic E-state index is 0.227. The fraction of sp³-hybridized carbons (Fsp3) is 0.250. The van der Waals surface area contributed by atoms with Crippen molar-refractivity contribution >= 4 is 27.5 Å².